The third-order valence-corrected chi connectivity index (χ3v) is 4.68. The van der Waals surface area contributed by atoms with Crippen molar-refractivity contribution in [3.8, 4) is 0 Å². The molecule has 0 spiro atoms. The van der Waals surface area contributed by atoms with Crippen LogP contribution in [0, 0.1) is 11.7 Å². The summed E-state index contributed by atoms with van der Waals surface area (Å²) in [6.45, 7) is 0.342. The lowest BCUT2D eigenvalue weighted by Gasteiger charge is -2.36. The first-order valence-corrected chi connectivity index (χ1v) is 8.57. The Morgan fingerprint density at radius 1 is 1.27 bits per heavy atom. The minimum atomic E-state index is -1.44. The Kier molecular flexibility index (Phi) is 4.75. The van der Waals surface area contributed by atoms with Crippen LogP contribution in [0.15, 0.2) is 36.8 Å². The summed E-state index contributed by atoms with van der Waals surface area (Å²) in [6, 6.07) is 6.17. The van der Waals surface area contributed by atoms with Gasteiger partial charge in [-0.05, 0) is 24.8 Å². The van der Waals surface area contributed by atoms with E-state index in [1.54, 1.807) is 18.3 Å². The summed E-state index contributed by atoms with van der Waals surface area (Å²) in [5.74, 6) is 0.588. The van der Waals surface area contributed by atoms with E-state index in [-0.39, 0.29) is 12.2 Å². The zero-order valence-electron chi connectivity index (χ0n) is 14.0. The van der Waals surface area contributed by atoms with Crippen molar-refractivity contribution in [3.63, 3.8) is 0 Å². The van der Waals surface area contributed by atoms with Gasteiger partial charge in [-0.25, -0.2) is 18.7 Å². The zero-order chi connectivity index (χ0) is 17.9. The van der Waals surface area contributed by atoms with E-state index in [4.69, 9.17) is 4.74 Å². The van der Waals surface area contributed by atoms with Crippen molar-refractivity contribution in [2.24, 2.45) is 5.92 Å². The van der Waals surface area contributed by atoms with Crippen molar-refractivity contribution in [2.45, 2.75) is 25.1 Å². The lowest BCUT2D eigenvalue weighted by Crippen LogP contribution is -2.38. The van der Waals surface area contributed by atoms with Gasteiger partial charge in [0.15, 0.2) is 11.8 Å². The molecular weight excluding hydrogens is 340 g/mol. The molecule has 2 N–H and O–H groups in total. The number of alkyl halides is 1. The average molecular weight is 359 g/mol. The van der Waals surface area contributed by atoms with Crippen LogP contribution in [0.4, 0.5) is 14.6 Å². The van der Waals surface area contributed by atoms with Crippen molar-refractivity contribution in [3.05, 3.63) is 48.2 Å². The van der Waals surface area contributed by atoms with Crippen molar-refractivity contribution in [1.29, 1.82) is 0 Å². The Morgan fingerprint density at radius 3 is 2.96 bits per heavy atom. The number of anilines is 1. The fourth-order valence-corrected chi connectivity index (χ4v) is 3.22. The van der Waals surface area contributed by atoms with E-state index in [0.29, 0.717) is 24.2 Å². The standard InChI is InChI=1S/C18H19F2N5O/c19-15-4-2-1-3-13(15)16(20)9-26-8-11-5-12(6-11)24-17-14-7-23-25-18(14)22-10-21-17/h1-4,7,10-12,16H,5-6,8-9H2,(H2,21,22,23,24,25)/t11?,12?,16-/m1/s1. The van der Waals surface area contributed by atoms with E-state index >= 15 is 0 Å². The van der Waals surface area contributed by atoms with Crippen LogP contribution in [0.5, 0.6) is 0 Å². The SMILES string of the molecule is Fc1ccccc1[C@H](F)COCC1CC(Nc2ncnc3[nH]ncc23)C1. The van der Waals surface area contributed by atoms with Gasteiger partial charge < -0.3 is 10.1 Å². The van der Waals surface area contributed by atoms with Gasteiger partial charge in [-0.15, -0.1) is 0 Å². The van der Waals surface area contributed by atoms with Crippen molar-refractivity contribution in [1.82, 2.24) is 20.2 Å². The van der Waals surface area contributed by atoms with Crippen LogP contribution < -0.4 is 5.32 Å². The molecule has 1 atom stereocenters. The van der Waals surface area contributed by atoms with Crippen molar-refractivity contribution in [2.75, 3.05) is 18.5 Å². The maximum absolute atomic E-state index is 14.0. The van der Waals surface area contributed by atoms with Crippen LogP contribution in [0.2, 0.25) is 0 Å². The lowest BCUT2D eigenvalue weighted by molar-refractivity contribution is 0.0327. The fraction of sp³-hybridized carbons (Fsp3) is 0.389. The number of rotatable bonds is 7. The highest BCUT2D eigenvalue weighted by molar-refractivity contribution is 5.85. The first kappa shape index (κ1) is 16.8. The predicted molar refractivity (Wildman–Crippen MR) is 92.9 cm³/mol. The topological polar surface area (TPSA) is 75.7 Å². The molecule has 8 heteroatoms. The minimum Gasteiger partial charge on any atom is -0.378 e. The Balaban J connectivity index is 1.21. The van der Waals surface area contributed by atoms with Crippen LogP contribution in [0.3, 0.4) is 0 Å². The second-order valence-electron chi connectivity index (χ2n) is 6.56. The minimum absolute atomic E-state index is 0.0496. The smallest absolute Gasteiger partial charge is 0.160 e. The van der Waals surface area contributed by atoms with E-state index in [1.165, 1.54) is 18.5 Å². The molecule has 0 bridgehead atoms. The monoisotopic (exact) mass is 359 g/mol. The van der Waals surface area contributed by atoms with Gasteiger partial charge in [0.25, 0.3) is 0 Å². The molecule has 136 valence electrons. The summed E-state index contributed by atoms with van der Waals surface area (Å²) in [4.78, 5) is 8.36. The normalized spacial score (nSPS) is 20.7. The molecule has 0 saturated heterocycles. The summed E-state index contributed by atoms with van der Waals surface area (Å²) >= 11 is 0. The maximum Gasteiger partial charge on any atom is 0.160 e. The number of nitrogens with one attached hydrogen (secondary N) is 2. The van der Waals surface area contributed by atoms with E-state index < -0.39 is 12.0 Å². The molecule has 2 heterocycles. The third-order valence-electron chi connectivity index (χ3n) is 4.68. The molecule has 26 heavy (non-hydrogen) atoms. The van der Waals surface area contributed by atoms with Gasteiger partial charge in [-0.3, -0.25) is 5.10 Å². The largest absolute Gasteiger partial charge is 0.378 e. The van der Waals surface area contributed by atoms with Gasteiger partial charge in [-0.1, -0.05) is 18.2 Å². The first-order valence-electron chi connectivity index (χ1n) is 8.57. The summed E-state index contributed by atoms with van der Waals surface area (Å²) in [5.41, 5.74) is 0.748. The average Bonchev–Trinajstić information content (AvgIpc) is 3.09. The predicted octanol–water partition coefficient (Wildman–Crippen LogP) is 3.41. The Hall–Kier alpha value is -2.61. The fourth-order valence-electron chi connectivity index (χ4n) is 3.22. The highest BCUT2D eigenvalue weighted by atomic mass is 19.1. The molecule has 0 radical (unpaired) electrons. The van der Waals surface area contributed by atoms with Gasteiger partial charge in [0.2, 0.25) is 0 Å². The third kappa shape index (κ3) is 3.50. The van der Waals surface area contributed by atoms with Gasteiger partial charge in [0.1, 0.15) is 18.0 Å². The number of halogens is 2. The Morgan fingerprint density at radius 2 is 2.12 bits per heavy atom. The van der Waals surface area contributed by atoms with Gasteiger partial charge >= 0.3 is 0 Å². The molecule has 0 amide bonds. The van der Waals surface area contributed by atoms with E-state index in [0.717, 1.165) is 24.0 Å². The molecule has 1 aromatic carbocycles. The molecule has 3 aromatic rings. The number of H-pyrrole nitrogens is 1. The zero-order valence-corrected chi connectivity index (χ0v) is 14.0. The summed E-state index contributed by atoms with van der Waals surface area (Å²) in [6.07, 6.45) is 3.58. The number of nitrogens with zero attached hydrogens (tertiary/aromatic N) is 3. The quantitative estimate of drug-likeness (QED) is 0.676. The van der Waals surface area contributed by atoms with Crippen LogP contribution in [-0.2, 0) is 4.74 Å². The summed E-state index contributed by atoms with van der Waals surface area (Å²) in [7, 11) is 0. The molecule has 0 unspecified atom stereocenters. The van der Waals surface area contributed by atoms with Crippen LogP contribution in [-0.4, -0.2) is 39.4 Å². The number of hydrogen-bond donors (Lipinski definition) is 2. The number of aromatic amines is 1. The van der Waals surface area contributed by atoms with Gasteiger partial charge in [0, 0.05) is 18.2 Å². The Bertz CT molecular complexity index is 881. The molecular formula is C18H19F2N5O. The second kappa shape index (κ2) is 7.33. The second-order valence-corrected chi connectivity index (χ2v) is 6.56. The van der Waals surface area contributed by atoms with E-state index in [9.17, 15) is 8.78 Å². The van der Waals surface area contributed by atoms with Crippen LogP contribution in [0.1, 0.15) is 24.6 Å². The number of benzene rings is 1. The summed E-state index contributed by atoms with van der Waals surface area (Å²) < 4.78 is 33.0. The number of hydrogen-bond acceptors (Lipinski definition) is 5. The van der Waals surface area contributed by atoms with Gasteiger partial charge in [-0.2, -0.15) is 5.10 Å². The molecule has 6 nitrogen and oxygen atoms in total. The van der Waals surface area contributed by atoms with Crippen LogP contribution >= 0.6 is 0 Å². The lowest BCUT2D eigenvalue weighted by atomic mass is 9.81. The van der Waals surface area contributed by atoms with Crippen molar-refractivity contribution >= 4 is 16.9 Å². The molecule has 1 fully saturated rings. The highest BCUT2D eigenvalue weighted by Gasteiger charge is 2.30. The van der Waals surface area contributed by atoms with Crippen LogP contribution in [0.25, 0.3) is 11.0 Å². The van der Waals surface area contributed by atoms with Crippen molar-refractivity contribution < 1.29 is 13.5 Å². The number of ether oxygens (including phenoxy) is 1. The molecule has 0 aliphatic heterocycles. The maximum atomic E-state index is 14.0. The molecule has 1 aliphatic rings. The van der Waals surface area contributed by atoms with Gasteiger partial charge in [0.05, 0.1) is 18.2 Å². The highest BCUT2D eigenvalue weighted by Crippen LogP contribution is 2.32. The number of fused-ring (bicyclic) bond motifs is 1. The molecule has 2 aromatic heterocycles. The molecule has 1 aliphatic carbocycles. The Labute approximate surface area is 149 Å². The molecule has 4 rings (SSSR count). The summed E-state index contributed by atoms with van der Waals surface area (Å²) in [5, 5.41) is 11.0. The number of aromatic nitrogens is 4. The van der Waals surface area contributed by atoms with E-state index in [1.807, 2.05) is 0 Å². The first-order chi connectivity index (χ1) is 12.7. The molecule has 1 saturated carbocycles. The van der Waals surface area contributed by atoms with E-state index in [2.05, 4.69) is 25.5 Å².